The van der Waals surface area contributed by atoms with E-state index in [0.717, 1.165) is 33.4 Å². The summed E-state index contributed by atoms with van der Waals surface area (Å²) in [4.78, 5) is 15.8. The summed E-state index contributed by atoms with van der Waals surface area (Å²) in [7, 11) is 1.90. The highest BCUT2D eigenvalue weighted by molar-refractivity contribution is 5.84. The number of nitrogens with one attached hydrogen (secondary N) is 2. The van der Waals surface area contributed by atoms with Crippen LogP contribution < -0.4 is 5.56 Å². The van der Waals surface area contributed by atoms with Gasteiger partial charge in [0.15, 0.2) is 0 Å². The molecule has 8 heteroatoms. The lowest BCUT2D eigenvalue weighted by atomic mass is 10.1. The fraction of sp³-hybridized carbons (Fsp3) is 0.0588. The minimum atomic E-state index is -0.197. The van der Waals surface area contributed by atoms with Crippen LogP contribution in [0.3, 0.4) is 0 Å². The predicted molar refractivity (Wildman–Crippen MR) is 93.1 cm³/mol. The third-order valence-corrected chi connectivity index (χ3v) is 4.33. The van der Waals surface area contributed by atoms with E-state index in [1.54, 1.807) is 18.5 Å². The molecule has 8 nitrogen and oxygen atoms in total. The van der Waals surface area contributed by atoms with Gasteiger partial charge in [-0.15, -0.1) is 0 Å². The molecule has 4 aromatic heterocycles. The number of nitrogens with zero attached hydrogens (tertiary/aromatic N) is 5. The lowest BCUT2D eigenvalue weighted by molar-refractivity contribution is 0.797. The first-order valence-corrected chi connectivity index (χ1v) is 7.74. The summed E-state index contributed by atoms with van der Waals surface area (Å²) in [6, 6.07) is 9.35. The molecule has 0 spiro atoms. The number of aromatic amines is 2. The van der Waals surface area contributed by atoms with Gasteiger partial charge in [0, 0.05) is 24.7 Å². The van der Waals surface area contributed by atoms with Gasteiger partial charge in [-0.3, -0.25) is 14.6 Å². The Morgan fingerprint density at radius 3 is 2.84 bits per heavy atom. The Morgan fingerprint density at radius 1 is 1.08 bits per heavy atom. The van der Waals surface area contributed by atoms with Gasteiger partial charge in [-0.25, -0.2) is 0 Å². The molecule has 5 rings (SSSR count). The molecule has 5 aromatic rings. The summed E-state index contributed by atoms with van der Waals surface area (Å²) in [5.74, 6) is 0. The van der Waals surface area contributed by atoms with Crippen LogP contribution in [0.25, 0.3) is 39.1 Å². The monoisotopic (exact) mass is 331 g/mol. The van der Waals surface area contributed by atoms with E-state index in [0.29, 0.717) is 5.65 Å². The minimum absolute atomic E-state index is 0.197. The van der Waals surface area contributed by atoms with Gasteiger partial charge in [0.25, 0.3) is 5.56 Å². The Balaban J connectivity index is 1.75. The number of hydrogen-bond donors (Lipinski definition) is 2. The number of fused-ring (bicyclic) bond motifs is 2. The summed E-state index contributed by atoms with van der Waals surface area (Å²) in [6.07, 6.45) is 5.18. The first kappa shape index (κ1) is 13.7. The molecule has 0 atom stereocenters. The second-order valence-electron chi connectivity index (χ2n) is 5.84. The third-order valence-electron chi connectivity index (χ3n) is 4.33. The Bertz CT molecular complexity index is 1270. The predicted octanol–water partition coefficient (Wildman–Crippen LogP) is 1.97. The Labute approximate surface area is 140 Å². The lowest BCUT2D eigenvalue weighted by Crippen LogP contribution is -2.14. The zero-order valence-corrected chi connectivity index (χ0v) is 13.3. The maximum Gasteiger partial charge on any atom is 0.274 e. The van der Waals surface area contributed by atoms with Gasteiger partial charge in [0.1, 0.15) is 5.65 Å². The van der Waals surface area contributed by atoms with Crippen molar-refractivity contribution in [3.63, 3.8) is 0 Å². The van der Waals surface area contributed by atoms with E-state index < -0.39 is 0 Å². The van der Waals surface area contributed by atoms with Gasteiger partial charge in [-0.2, -0.15) is 19.8 Å². The topological polar surface area (TPSA) is 96.7 Å². The quantitative estimate of drug-likeness (QED) is 0.517. The van der Waals surface area contributed by atoms with Crippen molar-refractivity contribution >= 4 is 16.6 Å². The van der Waals surface area contributed by atoms with Gasteiger partial charge < -0.3 is 4.98 Å². The van der Waals surface area contributed by atoms with Crippen molar-refractivity contribution in [1.82, 2.24) is 34.6 Å². The van der Waals surface area contributed by atoms with Crippen LogP contribution in [0.15, 0.2) is 53.7 Å². The largest absolute Gasteiger partial charge is 0.339 e. The van der Waals surface area contributed by atoms with Crippen LogP contribution in [0.2, 0.25) is 0 Å². The van der Waals surface area contributed by atoms with E-state index in [1.165, 1.54) is 4.52 Å². The number of hydrogen-bond acceptors (Lipinski definition) is 4. The van der Waals surface area contributed by atoms with Crippen LogP contribution in [0.1, 0.15) is 0 Å². The standard InChI is InChI=1S/C17H13N7O/c1-23-15-3-2-10(6-11(15)8-19-23)14-7-16(25)24-17(21-14)12(9-20-24)13-4-5-18-22-13/h2-9,21H,1H3,(H,18,22). The van der Waals surface area contributed by atoms with Gasteiger partial charge in [-0.1, -0.05) is 6.07 Å². The molecule has 0 bridgehead atoms. The van der Waals surface area contributed by atoms with E-state index in [9.17, 15) is 4.79 Å². The molecule has 1 aromatic carbocycles. The van der Waals surface area contributed by atoms with E-state index in [1.807, 2.05) is 42.2 Å². The second kappa shape index (κ2) is 4.91. The number of rotatable bonds is 2. The van der Waals surface area contributed by atoms with Crippen LogP contribution in [0.5, 0.6) is 0 Å². The highest BCUT2D eigenvalue weighted by Crippen LogP contribution is 2.25. The smallest absolute Gasteiger partial charge is 0.274 e. The normalized spacial score (nSPS) is 11.6. The summed E-state index contributed by atoms with van der Waals surface area (Å²) in [6.45, 7) is 0. The maximum absolute atomic E-state index is 12.5. The van der Waals surface area contributed by atoms with Crippen LogP contribution in [-0.4, -0.2) is 34.6 Å². The molecular formula is C17H13N7O. The molecule has 0 saturated heterocycles. The number of aryl methyl sites for hydroxylation is 1. The molecule has 0 unspecified atom stereocenters. The number of benzene rings is 1. The number of aromatic nitrogens is 7. The van der Waals surface area contributed by atoms with Gasteiger partial charge in [-0.05, 0) is 23.8 Å². The van der Waals surface area contributed by atoms with Crippen molar-refractivity contribution in [3.05, 3.63) is 59.3 Å². The fourth-order valence-corrected chi connectivity index (χ4v) is 3.07. The summed E-state index contributed by atoms with van der Waals surface area (Å²) in [5, 5.41) is 16.4. The maximum atomic E-state index is 12.5. The summed E-state index contributed by atoms with van der Waals surface area (Å²) >= 11 is 0. The van der Waals surface area contributed by atoms with Crippen LogP contribution in [0, 0.1) is 0 Å². The zero-order valence-electron chi connectivity index (χ0n) is 13.3. The van der Waals surface area contributed by atoms with E-state index in [4.69, 9.17) is 0 Å². The second-order valence-corrected chi connectivity index (χ2v) is 5.84. The first-order chi connectivity index (χ1) is 12.2. The van der Waals surface area contributed by atoms with Crippen molar-refractivity contribution in [3.8, 4) is 22.5 Å². The lowest BCUT2D eigenvalue weighted by Gasteiger charge is -2.05. The molecule has 4 heterocycles. The average Bonchev–Trinajstić information content (AvgIpc) is 3.34. The van der Waals surface area contributed by atoms with E-state index in [2.05, 4.69) is 25.4 Å². The third kappa shape index (κ3) is 2.01. The van der Waals surface area contributed by atoms with Crippen LogP contribution >= 0.6 is 0 Å². The highest BCUT2D eigenvalue weighted by atomic mass is 16.1. The number of H-pyrrole nitrogens is 2. The van der Waals surface area contributed by atoms with Gasteiger partial charge >= 0.3 is 0 Å². The van der Waals surface area contributed by atoms with Crippen molar-refractivity contribution in [2.75, 3.05) is 0 Å². The molecule has 25 heavy (non-hydrogen) atoms. The van der Waals surface area contributed by atoms with E-state index in [-0.39, 0.29) is 5.56 Å². The molecule has 0 amide bonds. The minimum Gasteiger partial charge on any atom is -0.339 e. The van der Waals surface area contributed by atoms with Gasteiger partial charge in [0.2, 0.25) is 0 Å². The summed E-state index contributed by atoms with van der Waals surface area (Å²) in [5.41, 5.74) is 4.58. The molecule has 0 radical (unpaired) electrons. The summed E-state index contributed by atoms with van der Waals surface area (Å²) < 4.78 is 3.16. The first-order valence-electron chi connectivity index (χ1n) is 7.74. The fourth-order valence-electron chi connectivity index (χ4n) is 3.07. The van der Waals surface area contributed by atoms with Crippen molar-refractivity contribution in [1.29, 1.82) is 0 Å². The van der Waals surface area contributed by atoms with Crippen molar-refractivity contribution in [2.45, 2.75) is 0 Å². The Hall–Kier alpha value is -3.68. The van der Waals surface area contributed by atoms with Crippen LogP contribution in [0.4, 0.5) is 0 Å². The average molecular weight is 331 g/mol. The van der Waals surface area contributed by atoms with Crippen LogP contribution in [-0.2, 0) is 7.05 Å². The Morgan fingerprint density at radius 2 is 2.00 bits per heavy atom. The molecule has 0 saturated carbocycles. The molecule has 0 aliphatic carbocycles. The van der Waals surface area contributed by atoms with E-state index >= 15 is 0 Å². The molecule has 2 N–H and O–H groups in total. The molecule has 0 aliphatic rings. The Kier molecular flexibility index (Phi) is 2.69. The molecular weight excluding hydrogens is 318 g/mol. The molecule has 0 aliphatic heterocycles. The van der Waals surface area contributed by atoms with Crippen molar-refractivity contribution in [2.24, 2.45) is 7.05 Å². The van der Waals surface area contributed by atoms with Gasteiger partial charge in [0.05, 0.1) is 34.9 Å². The highest BCUT2D eigenvalue weighted by Gasteiger charge is 2.13. The zero-order chi connectivity index (χ0) is 17.0. The molecule has 122 valence electrons. The SMILES string of the molecule is Cn1ncc2cc(-c3cc(=O)n4ncc(-c5cc[nH]n5)c4[nH]3)ccc21. The van der Waals surface area contributed by atoms with Crippen molar-refractivity contribution < 1.29 is 0 Å². The molecule has 0 fully saturated rings.